The van der Waals surface area contributed by atoms with Crippen molar-refractivity contribution in [1.82, 2.24) is 9.38 Å². The van der Waals surface area contributed by atoms with Gasteiger partial charge < -0.3 is 0 Å². The van der Waals surface area contributed by atoms with Crippen LogP contribution in [0.3, 0.4) is 0 Å². The van der Waals surface area contributed by atoms with Crippen molar-refractivity contribution < 1.29 is 18.0 Å². The molecule has 0 saturated heterocycles. The van der Waals surface area contributed by atoms with Crippen LogP contribution in [-0.4, -0.2) is 15.2 Å². The first-order chi connectivity index (χ1) is 9.97. The minimum Gasteiger partial charge on any atom is -0.297 e. The summed E-state index contributed by atoms with van der Waals surface area (Å²) in [6.45, 7) is 0. The number of ketones is 1. The van der Waals surface area contributed by atoms with E-state index in [4.69, 9.17) is 0 Å². The monoisotopic (exact) mass is 290 g/mol. The van der Waals surface area contributed by atoms with E-state index in [0.717, 1.165) is 12.1 Å². The molecule has 2 aromatic heterocycles. The lowest BCUT2D eigenvalue weighted by Crippen LogP contribution is -2.08. The summed E-state index contributed by atoms with van der Waals surface area (Å²) in [7, 11) is 0. The molecule has 0 spiro atoms. The van der Waals surface area contributed by atoms with Crippen LogP contribution in [0, 0.1) is 0 Å². The number of hydrogen-bond donors (Lipinski definition) is 0. The van der Waals surface area contributed by atoms with E-state index in [0.29, 0.717) is 11.3 Å². The zero-order valence-corrected chi connectivity index (χ0v) is 10.6. The largest absolute Gasteiger partial charge is 0.416 e. The Balaban J connectivity index is 1.99. The second-order valence-electron chi connectivity index (χ2n) is 4.48. The van der Waals surface area contributed by atoms with Gasteiger partial charge in [-0.3, -0.25) is 9.20 Å². The number of imidazole rings is 1. The van der Waals surface area contributed by atoms with Crippen LogP contribution in [0.25, 0.3) is 5.65 Å². The fourth-order valence-corrected chi connectivity index (χ4v) is 2.06. The Kier molecular flexibility index (Phi) is 3.01. The predicted octanol–water partition coefficient (Wildman–Crippen LogP) is 3.58. The van der Waals surface area contributed by atoms with Gasteiger partial charge in [-0.05, 0) is 24.3 Å². The number of pyridine rings is 1. The van der Waals surface area contributed by atoms with Crippen molar-refractivity contribution in [3.63, 3.8) is 0 Å². The highest BCUT2D eigenvalue weighted by Crippen LogP contribution is 2.29. The molecule has 3 nitrogen and oxygen atoms in total. The van der Waals surface area contributed by atoms with Crippen LogP contribution in [0.2, 0.25) is 0 Å². The summed E-state index contributed by atoms with van der Waals surface area (Å²) in [5.74, 6) is -0.373. The van der Waals surface area contributed by atoms with Gasteiger partial charge in [-0.15, -0.1) is 0 Å². The first kappa shape index (κ1) is 13.4. The first-order valence-electron chi connectivity index (χ1n) is 6.11. The Labute approximate surface area is 117 Å². The fraction of sp³-hybridized carbons (Fsp3) is 0.0667. The van der Waals surface area contributed by atoms with Gasteiger partial charge in [0.15, 0.2) is 0 Å². The van der Waals surface area contributed by atoms with Crippen molar-refractivity contribution in [2.24, 2.45) is 0 Å². The van der Waals surface area contributed by atoms with Gasteiger partial charge in [0.1, 0.15) is 11.3 Å². The van der Waals surface area contributed by atoms with Gasteiger partial charge in [0, 0.05) is 11.8 Å². The SMILES string of the molecule is O=C(c1ccc(C(F)(F)F)cc1)c1cnc2ccccn12. The normalized spacial score (nSPS) is 11.8. The lowest BCUT2D eigenvalue weighted by atomic mass is 10.1. The van der Waals surface area contributed by atoms with E-state index in [2.05, 4.69) is 4.98 Å². The molecule has 0 bridgehead atoms. The average Bonchev–Trinajstić information content (AvgIpc) is 2.90. The molecular weight excluding hydrogens is 281 g/mol. The van der Waals surface area contributed by atoms with Gasteiger partial charge in [0.05, 0.1) is 11.8 Å². The molecule has 2 heterocycles. The van der Waals surface area contributed by atoms with E-state index >= 15 is 0 Å². The molecule has 6 heteroatoms. The summed E-state index contributed by atoms with van der Waals surface area (Å²) in [5, 5.41) is 0. The molecule has 0 saturated carbocycles. The zero-order chi connectivity index (χ0) is 15.0. The maximum Gasteiger partial charge on any atom is 0.416 e. The van der Waals surface area contributed by atoms with Crippen molar-refractivity contribution >= 4 is 11.4 Å². The summed E-state index contributed by atoms with van der Waals surface area (Å²) >= 11 is 0. The van der Waals surface area contributed by atoms with Crippen molar-refractivity contribution in [3.8, 4) is 0 Å². The number of fused-ring (bicyclic) bond motifs is 1. The molecule has 0 aliphatic heterocycles. The topological polar surface area (TPSA) is 34.4 Å². The number of hydrogen-bond acceptors (Lipinski definition) is 2. The Morgan fingerprint density at radius 1 is 1.05 bits per heavy atom. The summed E-state index contributed by atoms with van der Waals surface area (Å²) in [6, 6.07) is 9.42. The number of alkyl halides is 3. The number of nitrogens with zero attached hydrogens (tertiary/aromatic N) is 2. The Morgan fingerprint density at radius 3 is 2.43 bits per heavy atom. The lowest BCUT2D eigenvalue weighted by molar-refractivity contribution is -0.137. The second-order valence-corrected chi connectivity index (χ2v) is 4.48. The Bertz CT molecular complexity index is 804. The number of aromatic nitrogens is 2. The summed E-state index contributed by atoms with van der Waals surface area (Å²) in [6.07, 6.45) is -1.32. The molecule has 0 aliphatic carbocycles. The minimum atomic E-state index is -4.41. The molecule has 3 aromatic rings. The van der Waals surface area contributed by atoms with Gasteiger partial charge in [-0.2, -0.15) is 13.2 Å². The smallest absolute Gasteiger partial charge is 0.297 e. The van der Waals surface area contributed by atoms with Gasteiger partial charge in [0.25, 0.3) is 0 Å². The molecule has 3 rings (SSSR count). The first-order valence-corrected chi connectivity index (χ1v) is 6.11. The lowest BCUT2D eigenvalue weighted by Gasteiger charge is -2.07. The summed E-state index contributed by atoms with van der Waals surface area (Å²) < 4.78 is 39.1. The van der Waals surface area contributed by atoms with Gasteiger partial charge in [0.2, 0.25) is 5.78 Å². The zero-order valence-electron chi connectivity index (χ0n) is 10.6. The fourth-order valence-electron chi connectivity index (χ4n) is 2.06. The third-order valence-corrected chi connectivity index (χ3v) is 3.12. The van der Waals surface area contributed by atoms with E-state index in [1.807, 2.05) is 0 Å². The third kappa shape index (κ3) is 2.40. The molecule has 0 N–H and O–H groups in total. The van der Waals surface area contributed by atoms with Crippen LogP contribution in [-0.2, 0) is 6.18 Å². The van der Waals surface area contributed by atoms with Crippen molar-refractivity contribution in [3.05, 3.63) is 71.7 Å². The van der Waals surface area contributed by atoms with E-state index < -0.39 is 11.7 Å². The third-order valence-electron chi connectivity index (χ3n) is 3.12. The number of rotatable bonds is 2. The maximum atomic E-state index is 12.5. The summed E-state index contributed by atoms with van der Waals surface area (Å²) in [5.41, 5.74) is 0.323. The van der Waals surface area contributed by atoms with Crippen LogP contribution in [0.15, 0.2) is 54.9 Å². The molecule has 0 amide bonds. The highest BCUT2D eigenvalue weighted by Gasteiger charge is 2.30. The predicted molar refractivity (Wildman–Crippen MR) is 70.1 cm³/mol. The van der Waals surface area contributed by atoms with Crippen LogP contribution in [0.1, 0.15) is 21.6 Å². The molecule has 0 atom stereocenters. The highest BCUT2D eigenvalue weighted by atomic mass is 19.4. The molecular formula is C15H9F3N2O. The van der Waals surface area contributed by atoms with Gasteiger partial charge >= 0.3 is 6.18 Å². The minimum absolute atomic E-state index is 0.189. The number of carbonyl (C=O) groups is 1. The van der Waals surface area contributed by atoms with Crippen LogP contribution in [0.4, 0.5) is 13.2 Å². The maximum absolute atomic E-state index is 12.5. The van der Waals surface area contributed by atoms with Crippen molar-refractivity contribution in [2.45, 2.75) is 6.18 Å². The van der Waals surface area contributed by atoms with Crippen molar-refractivity contribution in [1.29, 1.82) is 0 Å². The molecule has 1 aromatic carbocycles. The summed E-state index contributed by atoms with van der Waals surface area (Å²) in [4.78, 5) is 16.4. The molecule has 0 radical (unpaired) electrons. The molecule has 0 aliphatic rings. The standard InChI is InChI=1S/C15H9F3N2O/c16-15(17,18)11-6-4-10(5-7-11)14(21)12-9-19-13-3-1-2-8-20(12)13/h1-9H. The highest BCUT2D eigenvalue weighted by molar-refractivity contribution is 6.08. The second kappa shape index (κ2) is 4.73. The Morgan fingerprint density at radius 2 is 1.76 bits per heavy atom. The quantitative estimate of drug-likeness (QED) is 0.676. The number of halogens is 3. The van der Waals surface area contributed by atoms with E-state index in [-0.39, 0.29) is 11.3 Å². The van der Waals surface area contributed by atoms with Crippen LogP contribution >= 0.6 is 0 Å². The van der Waals surface area contributed by atoms with E-state index in [9.17, 15) is 18.0 Å². The van der Waals surface area contributed by atoms with Gasteiger partial charge in [-0.25, -0.2) is 4.98 Å². The van der Waals surface area contributed by atoms with Crippen molar-refractivity contribution in [2.75, 3.05) is 0 Å². The molecule has 0 fully saturated rings. The van der Waals surface area contributed by atoms with Gasteiger partial charge in [-0.1, -0.05) is 18.2 Å². The Hall–Kier alpha value is -2.63. The van der Waals surface area contributed by atoms with E-state index in [1.54, 1.807) is 28.8 Å². The number of carbonyl (C=O) groups excluding carboxylic acids is 1. The van der Waals surface area contributed by atoms with Crippen LogP contribution in [0.5, 0.6) is 0 Å². The molecule has 106 valence electrons. The van der Waals surface area contributed by atoms with Crippen LogP contribution < -0.4 is 0 Å². The van der Waals surface area contributed by atoms with E-state index in [1.165, 1.54) is 18.3 Å². The average molecular weight is 290 g/mol. The number of benzene rings is 1. The molecule has 21 heavy (non-hydrogen) atoms. The molecule has 0 unspecified atom stereocenters.